The minimum atomic E-state index is -0.555. The molecule has 106 valence electrons. The second-order valence-electron chi connectivity index (χ2n) is 5.64. The van der Waals surface area contributed by atoms with Crippen LogP contribution in [0.5, 0.6) is 0 Å². The molecule has 2 rings (SSSR count). The van der Waals surface area contributed by atoms with Crippen molar-refractivity contribution in [3.05, 3.63) is 0 Å². The normalized spacial score (nSPS) is 25.1. The number of rotatable bonds is 5. The summed E-state index contributed by atoms with van der Waals surface area (Å²) in [5.41, 5.74) is 0. The number of carbonyl (C=O) groups is 3. The standard InChI is InChI=1S/C13H21N3O3/c1-7(2)14-12(18)8(3)15-10-6-11(17)16(13(10)19)9-4-5-9/h7-10,15H,4-6H2,1-3H3,(H,14,18). The van der Waals surface area contributed by atoms with E-state index in [0.29, 0.717) is 0 Å². The summed E-state index contributed by atoms with van der Waals surface area (Å²) >= 11 is 0. The Labute approximate surface area is 112 Å². The van der Waals surface area contributed by atoms with Gasteiger partial charge in [0.1, 0.15) is 0 Å². The number of likely N-dealkylation sites (tertiary alicyclic amines) is 1. The smallest absolute Gasteiger partial charge is 0.247 e. The zero-order valence-electron chi connectivity index (χ0n) is 11.6. The van der Waals surface area contributed by atoms with Crippen molar-refractivity contribution in [3.8, 4) is 0 Å². The van der Waals surface area contributed by atoms with Crippen LogP contribution in [0.4, 0.5) is 0 Å². The van der Waals surface area contributed by atoms with E-state index in [9.17, 15) is 14.4 Å². The van der Waals surface area contributed by atoms with Gasteiger partial charge in [-0.3, -0.25) is 24.6 Å². The monoisotopic (exact) mass is 267 g/mol. The van der Waals surface area contributed by atoms with Gasteiger partial charge in [-0.1, -0.05) is 0 Å². The second-order valence-corrected chi connectivity index (χ2v) is 5.64. The largest absolute Gasteiger partial charge is 0.353 e. The molecule has 2 aliphatic rings. The molecule has 0 aromatic carbocycles. The summed E-state index contributed by atoms with van der Waals surface area (Å²) in [6.45, 7) is 5.46. The van der Waals surface area contributed by atoms with Gasteiger partial charge in [-0.25, -0.2) is 0 Å². The minimum absolute atomic E-state index is 0.0561. The van der Waals surface area contributed by atoms with Gasteiger partial charge in [-0.05, 0) is 33.6 Å². The highest BCUT2D eigenvalue weighted by Gasteiger charge is 2.46. The zero-order valence-corrected chi connectivity index (χ0v) is 11.6. The molecule has 19 heavy (non-hydrogen) atoms. The summed E-state index contributed by atoms with van der Waals surface area (Å²) in [6.07, 6.45) is 1.98. The number of nitrogens with one attached hydrogen (secondary N) is 2. The van der Waals surface area contributed by atoms with Crippen molar-refractivity contribution in [1.82, 2.24) is 15.5 Å². The van der Waals surface area contributed by atoms with Gasteiger partial charge < -0.3 is 5.32 Å². The van der Waals surface area contributed by atoms with E-state index in [2.05, 4.69) is 10.6 Å². The molecule has 1 heterocycles. The van der Waals surface area contributed by atoms with Crippen LogP contribution in [-0.2, 0) is 14.4 Å². The fourth-order valence-corrected chi connectivity index (χ4v) is 2.28. The number of hydrogen-bond donors (Lipinski definition) is 2. The number of carbonyl (C=O) groups excluding carboxylic acids is 3. The lowest BCUT2D eigenvalue weighted by molar-refractivity contribution is -0.139. The maximum atomic E-state index is 12.1. The number of hydrogen-bond acceptors (Lipinski definition) is 4. The Hall–Kier alpha value is -1.43. The van der Waals surface area contributed by atoms with Crippen molar-refractivity contribution in [2.45, 2.75) is 64.2 Å². The van der Waals surface area contributed by atoms with Crippen molar-refractivity contribution in [1.29, 1.82) is 0 Å². The van der Waals surface area contributed by atoms with Crippen molar-refractivity contribution in [3.63, 3.8) is 0 Å². The summed E-state index contributed by atoms with van der Waals surface area (Å²) in [5.74, 6) is -0.460. The average Bonchev–Trinajstić information content (AvgIpc) is 3.07. The molecule has 0 radical (unpaired) electrons. The van der Waals surface area contributed by atoms with Gasteiger partial charge in [0.2, 0.25) is 17.7 Å². The third-order valence-electron chi connectivity index (χ3n) is 3.37. The Balaban J connectivity index is 1.91. The molecule has 3 amide bonds. The van der Waals surface area contributed by atoms with Crippen molar-refractivity contribution in [2.75, 3.05) is 0 Å². The molecule has 2 unspecified atom stereocenters. The predicted octanol–water partition coefficient (Wildman–Crippen LogP) is -0.221. The van der Waals surface area contributed by atoms with Crippen LogP contribution < -0.4 is 10.6 Å². The fourth-order valence-electron chi connectivity index (χ4n) is 2.28. The Morgan fingerprint density at radius 1 is 1.26 bits per heavy atom. The highest BCUT2D eigenvalue weighted by atomic mass is 16.2. The molecule has 1 saturated heterocycles. The van der Waals surface area contributed by atoms with E-state index in [1.54, 1.807) is 6.92 Å². The molecule has 2 fully saturated rings. The van der Waals surface area contributed by atoms with Crippen LogP contribution in [0.25, 0.3) is 0 Å². The first-order chi connectivity index (χ1) is 8.90. The van der Waals surface area contributed by atoms with Gasteiger partial charge in [0.15, 0.2) is 0 Å². The van der Waals surface area contributed by atoms with E-state index in [4.69, 9.17) is 0 Å². The lowest BCUT2D eigenvalue weighted by Gasteiger charge is -2.19. The van der Waals surface area contributed by atoms with Crippen LogP contribution in [0.1, 0.15) is 40.0 Å². The van der Waals surface area contributed by atoms with Crippen molar-refractivity contribution < 1.29 is 14.4 Å². The van der Waals surface area contributed by atoms with Crippen LogP contribution in [0, 0.1) is 0 Å². The first kappa shape index (κ1) is 14.0. The Kier molecular flexibility index (Phi) is 3.89. The lowest BCUT2D eigenvalue weighted by atomic mass is 10.2. The second kappa shape index (κ2) is 5.28. The van der Waals surface area contributed by atoms with Crippen molar-refractivity contribution >= 4 is 17.7 Å². The maximum absolute atomic E-state index is 12.1. The summed E-state index contributed by atoms with van der Waals surface area (Å²) in [7, 11) is 0. The number of nitrogens with zero attached hydrogens (tertiary/aromatic N) is 1. The molecule has 1 aliphatic heterocycles. The van der Waals surface area contributed by atoms with Crippen LogP contribution in [0.3, 0.4) is 0 Å². The highest BCUT2D eigenvalue weighted by molar-refractivity contribution is 6.06. The first-order valence-electron chi connectivity index (χ1n) is 6.82. The predicted molar refractivity (Wildman–Crippen MR) is 69.2 cm³/mol. The van der Waals surface area contributed by atoms with Gasteiger partial charge in [0.25, 0.3) is 0 Å². The molecule has 2 N–H and O–H groups in total. The quantitative estimate of drug-likeness (QED) is 0.675. The Bertz CT molecular complexity index is 404. The van der Waals surface area contributed by atoms with Gasteiger partial charge in [0.05, 0.1) is 18.5 Å². The van der Waals surface area contributed by atoms with E-state index >= 15 is 0 Å². The van der Waals surface area contributed by atoms with E-state index in [-0.39, 0.29) is 36.2 Å². The minimum Gasteiger partial charge on any atom is -0.353 e. The van der Waals surface area contributed by atoms with E-state index in [1.807, 2.05) is 13.8 Å². The SMILES string of the molecule is CC(C)NC(=O)C(C)NC1CC(=O)N(C2CC2)C1=O. The molecule has 2 atom stereocenters. The molecule has 1 saturated carbocycles. The van der Waals surface area contributed by atoms with Crippen LogP contribution in [0.15, 0.2) is 0 Å². The molecule has 0 aromatic heterocycles. The van der Waals surface area contributed by atoms with E-state index < -0.39 is 12.1 Å². The van der Waals surface area contributed by atoms with Crippen LogP contribution in [0.2, 0.25) is 0 Å². The molecule has 0 aromatic rings. The molecular formula is C13H21N3O3. The Morgan fingerprint density at radius 3 is 2.42 bits per heavy atom. The van der Waals surface area contributed by atoms with Gasteiger partial charge in [-0.15, -0.1) is 0 Å². The van der Waals surface area contributed by atoms with E-state index in [1.165, 1.54) is 4.90 Å². The van der Waals surface area contributed by atoms with Gasteiger partial charge >= 0.3 is 0 Å². The lowest BCUT2D eigenvalue weighted by Crippen LogP contribution is -2.50. The molecule has 1 aliphatic carbocycles. The fraction of sp³-hybridized carbons (Fsp3) is 0.769. The summed E-state index contributed by atoms with van der Waals surface area (Å²) < 4.78 is 0. The zero-order chi connectivity index (χ0) is 14.2. The third-order valence-corrected chi connectivity index (χ3v) is 3.37. The average molecular weight is 267 g/mol. The van der Waals surface area contributed by atoms with Crippen LogP contribution >= 0.6 is 0 Å². The first-order valence-corrected chi connectivity index (χ1v) is 6.82. The van der Waals surface area contributed by atoms with Gasteiger partial charge in [-0.2, -0.15) is 0 Å². The Morgan fingerprint density at radius 2 is 1.89 bits per heavy atom. The third kappa shape index (κ3) is 3.12. The number of amides is 3. The summed E-state index contributed by atoms with van der Waals surface area (Å²) in [6, 6.07) is -0.878. The summed E-state index contributed by atoms with van der Waals surface area (Å²) in [5, 5.41) is 5.73. The summed E-state index contributed by atoms with van der Waals surface area (Å²) in [4.78, 5) is 37.0. The van der Waals surface area contributed by atoms with Gasteiger partial charge in [0, 0.05) is 12.1 Å². The molecular weight excluding hydrogens is 246 g/mol. The van der Waals surface area contributed by atoms with Crippen LogP contribution in [-0.4, -0.2) is 46.8 Å². The number of imide groups is 1. The van der Waals surface area contributed by atoms with Crippen molar-refractivity contribution in [2.24, 2.45) is 0 Å². The molecule has 0 spiro atoms. The molecule has 6 nitrogen and oxygen atoms in total. The topological polar surface area (TPSA) is 78.5 Å². The molecule has 6 heteroatoms. The van der Waals surface area contributed by atoms with E-state index in [0.717, 1.165) is 12.8 Å². The highest BCUT2D eigenvalue weighted by Crippen LogP contribution is 2.31. The molecule has 0 bridgehead atoms. The maximum Gasteiger partial charge on any atom is 0.247 e.